The fourth-order valence-electron chi connectivity index (χ4n) is 2.02. The lowest BCUT2D eigenvalue weighted by Gasteiger charge is -2.09. The van der Waals surface area contributed by atoms with Crippen molar-refractivity contribution >= 4 is 46.3 Å². The van der Waals surface area contributed by atoms with Gasteiger partial charge in [0.1, 0.15) is 10.7 Å². The molecule has 1 N–H and O–H groups in total. The maximum absolute atomic E-state index is 12.1. The highest BCUT2D eigenvalue weighted by Gasteiger charge is 2.09. The quantitative estimate of drug-likeness (QED) is 0.644. The number of halogens is 1. The Labute approximate surface area is 153 Å². The molecule has 0 aliphatic heterocycles. The van der Waals surface area contributed by atoms with Crippen molar-refractivity contribution in [1.82, 2.24) is 10.2 Å². The first-order valence-corrected chi connectivity index (χ1v) is 9.43. The number of nitrogens with zero attached hydrogens (tertiary/aromatic N) is 2. The molecular formula is C17H14ClN3OS2. The smallest absolute Gasteiger partial charge is 0.234 e. The Morgan fingerprint density at radius 3 is 2.79 bits per heavy atom. The Hall–Kier alpha value is -1.89. The lowest BCUT2D eigenvalue weighted by molar-refractivity contribution is -0.113. The molecule has 3 aromatic rings. The lowest BCUT2D eigenvalue weighted by Crippen LogP contribution is -2.15. The molecule has 0 spiro atoms. The van der Waals surface area contributed by atoms with E-state index in [4.69, 9.17) is 11.6 Å². The highest BCUT2D eigenvalue weighted by molar-refractivity contribution is 7.99. The molecule has 0 bridgehead atoms. The van der Waals surface area contributed by atoms with Crippen molar-refractivity contribution in [3.63, 3.8) is 0 Å². The highest BCUT2D eigenvalue weighted by atomic mass is 35.5. The summed E-state index contributed by atoms with van der Waals surface area (Å²) in [5, 5.41) is 14.6. The van der Waals surface area contributed by atoms with E-state index in [-0.39, 0.29) is 11.7 Å². The first-order chi connectivity index (χ1) is 11.6. The van der Waals surface area contributed by atoms with E-state index >= 15 is 0 Å². The number of amides is 1. The number of benzene rings is 1. The van der Waals surface area contributed by atoms with E-state index in [1.54, 1.807) is 17.4 Å². The van der Waals surface area contributed by atoms with Crippen LogP contribution in [0.1, 0.15) is 5.56 Å². The summed E-state index contributed by atoms with van der Waals surface area (Å²) < 4.78 is 0. The van der Waals surface area contributed by atoms with E-state index in [2.05, 4.69) is 15.5 Å². The molecule has 0 atom stereocenters. The molecule has 0 saturated carbocycles. The average molecular weight is 376 g/mol. The zero-order chi connectivity index (χ0) is 16.9. The molecule has 0 saturated heterocycles. The van der Waals surface area contributed by atoms with Crippen molar-refractivity contribution in [2.24, 2.45) is 0 Å². The van der Waals surface area contributed by atoms with Gasteiger partial charge in [0, 0.05) is 10.7 Å². The lowest BCUT2D eigenvalue weighted by atomic mass is 10.2. The van der Waals surface area contributed by atoms with Crippen LogP contribution in [-0.4, -0.2) is 21.9 Å². The monoisotopic (exact) mass is 375 g/mol. The number of hydrogen-bond acceptors (Lipinski definition) is 5. The topological polar surface area (TPSA) is 54.9 Å². The van der Waals surface area contributed by atoms with Gasteiger partial charge in [-0.05, 0) is 48.2 Å². The predicted octanol–water partition coefficient (Wildman–Crippen LogP) is 4.90. The SMILES string of the molecule is Cc1c(Cl)cccc1NC(=O)CSc1ccc(-c2cccs2)nn1. The van der Waals surface area contributed by atoms with Crippen LogP contribution in [0.15, 0.2) is 52.9 Å². The molecule has 3 rings (SSSR count). The number of hydrogen-bond donors (Lipinski definition) is 1. The van der Waals surface area contributed by atoms with Crippen molar-refractivity contribution in [1.29, 1.82) is 0 Å². The number of nitrogens with one attached hydrogen (secondary N) is 1. The molecule has 122 valence electrons. The van der Waals surface area contributed by atoms with Gasteiger partial charge in [0.25, 0.3) is 0 Å². The van der Waals surface area contributed by atoms with Crippen LogP contribution >= 0.6 is 34.7 Å². The Morgan fingerprint density at radius 1 is 1.21 bits per heavy atom. The minimum absolute atomic E-state index is 0.102. The summed E-state index contributed by atoms with van der Waals surface area (Å²) in [7, 11) is 0. The molecule has 0 unspecified atom stereocenters. The minimum Gasteiger partial charge on any atom is -0.325 e. The zero-order valence-corrected chi connectivity index (χ0v) is 15.2. The van der Waals surface area contributed by atoms with Gasteiger partial charge >= 0.3 is 0 Å². The van der Waals surface area contributed by atoms with E-state index in [1.807, 2.05) is 48.7 Å². The molecule has 2 heterocycles. The average Bonchev–Trinajstić information content (AvgIpc) is 3.12. The third-order valence-corrected chi connectivity index (χ3v) is 5.53. The van der Waals surface area contributed by atoms with Gasteiger partial charge in [-0.3, -0.25) is 4.79 Å². The predicted molar refractivity (Wildman–Crippen MR) is 101 cm³/mol. The summed E-state index contributed by atoms with van der Waals surface area (Å²) in [5.41, 5.74) is 2.43. The molecule has 1 amide bonds. The second kappa shape index (κ2) is 7.79. The van der Waals surface area contributed by atoms with Crippen LogP contribution in [0, 0.1) is 6.92 Å². The molecule has 4 nitrogen and oxygen atoms in total. The molecule has 0 aliphatic carbocycles. The molecule has 1 aromatic carbocycles. The van der Waals surface area contributed by atoms with Gasteiger partial charge in [-0.1, -0.05) is 35.5 Å². The number of thioether (sulfide) groups is 1. The van der Waals surface area contributed by atoms with Crippen LogP contribution in [0.25, 0.3) is 10.6 Å². The van der Waals surface area contributed by atoms with Gasteiger partial charge in [-0.15, -0.1) is 21.5 Å². The van der Waals surface area contributed by atoms with Crippen molar-refractivity contribution < 1.29 is 4.79 Å². The van der Waals surface area contributed by atoms with Crippen LogP contribution < -0.4 is 5.32 Å². The maximum Gasteiger partial charge on any atom is 0.234 e. The normalized spacial score (nSPS) is 10.6. The standard InChI is InChI=1S/C17H14ClN3OS2/c1-11-12(18)4-2-5-13(11)19-16(22)10-24-17-8-7-14(20-21-17)15-6-3-9-23-15/h2-9H,10H2,1H3,(H,19,22). The summed E-state index contributed by atoms with van der Waals surface area (Å²) in [4.78, 5) is 13.2. The van der Waals surface area contributed by atoms with Gasteiger partial charge in [0.2, 0.25) is 5.91 Å². The fraction of sp³-hybridized carbons (Fsp3) is 0.118. The van der Waals surface area contributed by atoms with Gasteiger partial charge in [-0.25, -0.2) is 0 Å². The number of aromatic nitrogens is 2. The number of thiophene rings is 1. The van der Waals surface area contributed by atoms with E-state index in [0.717, 1.165) is 21.8 Å². The van der Waals surface area contributed by atoms with Gasteiger partial charge in [0.05, 0.1) is 10.6 Å². The zero-order valence-electron chi connectivity index (χ0n) is 12.8. The summed E-state index contributed by atoms with van der Waals surface area (Å²) in [6, 6.07) is 13.2. The van der Waals surface area contributed by atoms with E-state index in [0.29, 0.717) is 10.0 Å². The first-order valence-electron chi connectivity index (χ1n) is 7.19. The van der Waals surface area contributed by atoms with Crippen LogP contribution in [0.3, 0.4) is 0 Å². The molecule has 0 aliphatic rings. The van der Waals surface area contributed by atoms with Crippen molar-refractivity contribution in [2.45, 2.75) is 11.9 Å². The van der Waals surface area contributed by atoms with Gasteiger partial charge in [-0.2, -0.15) is 0 Å². The third-order valence-electron chi connectivity index (χ3n) is 3.31. The molecule has 7 heteroatoms. The van der Waals surface area contributed by atoms with E-state index < -0.39 is 0 Å². The number of carbonyl (C=O) groups excluding carboxylic acids is 1. The third kappa shape index (κ3) is 4.14. The van der Waals surface area contributed by atoms with Crippen LogP contribution in [-0.2, 0) is 4.79 Å². The maximum atomic E-state index is 12.1. The fourth-order valence-corrected chi connectivity index (χ4v) is 3.50. The van der Waals surface area contributed by atoms with Gasteiger partial charge < -0.3 is 5.32 Å². The molecule has 2 aromatic heterocycles. The summed E-state index contributed by atoms with van der Waals surface area (Å²) >= 11 is 9.02. The Kier molecular flexibility index (Phi) is 5.50. The largest absolute Gasteiger partial charge is 0.325 e. The van der Waals surface area contributed by atoms with Crippen LogP contribution in [0.5, 0.6) is 0 Å². The second-order valence-electron chi connectivity index (χ2n) is 4.98. The van der Waals surface area contributed by atoms with Gasteiger partial charge in [0.15, 0.2) is 0 Å². The summed E-state index contributed by atoms with van der Waals surface area (Å²) in [6.07, 6.45) is 0. The molecule has 0 fully saturated rings. The van der Waals surface area contributed by atoms with Crippen LogP contribution in [0.2, 0.25) is 5.02 Å². The summed E-state index contributed by atoms with van der Waals surface area (Å²) in [5.74, 6) is 0.161. The minimum atomic E-state index is -0.102. The van der Waals surface area contributed by atoms with Crippen molar-refractivity contribution in [3.05, 3.63) is 58.4 Å². The number of carbonyl (C=O) groups is 1. The Morgan fingerprint density at radius 2 is 2.08 bits per heavy atom. The van der Waals surface area contributed by atoms with Crippen LogP contribution in [0.4, 0.5) is 5.69 Å². The highest BCUT2D eigenvalue weighted by Crippen LogP contribution is 2.25. The number of anilines is 1. The van der Waals surface area contributed by atoms with Crippen molar-refractivity contribution in [2.75, 3.05) is 11.1 Å². The van der Waals surface area contributed by atoms with E-state index in [9.17, 15) is 4.79 Å². The Bertz CT molecular complexity index is 836. The Balaban J connectivity index is 1.57. The summed E-state index contributed by atoms with van der Waals surface area (Å²) in [6.45, 7) is 1.87. The van der Waals surface area contributed by atoms with Crippen molar-refractivity contribution in [3.8, 4) is 10.6 Å². The second-order valence-corrected chi connectivity index (χ2v) is 7.33. The number of rotatable bonds is 5. The first kappa shape index (κ1) is 17.0. The molecule has 0 radical (unpaired) electrons. The molecular weight excluding hydrogens is 362 g/mol. The van der Waals surface area contributed by atoms with E-state index in [1.165, 1.54) is 11.8 Å². The molecule has 24 heavy (non-hydrogen) atoms.